The Kier molecular flexibility index (Phi) is 5.97. The molecule has 0 aliphatic carbocycles. The molecule has 0 saturated carbocycles. The zero-order valence-corrected chi connectivity index (χ0v) is 15.9. The van der Waals surface area contributed by atoms with E-state index in [1.54, 1.807) is 18.1 Å². The lowest BCUT2D eigenvalue weighted by atomic mass is 10.1. The third-order valence-electron chi connectivity index (χ3n) is 4.59. The summed E-state index contributed by atoms with van der Waals surface area (Å²) in [7, 11) is 1.78. The number of amides is 1. The molecular formula is C20H20F3N5O. The van der Waals surface area contributed by atoms with Crippen molar-refractivity contribution < 1.29 is 18.0 Å². The molecule has 0 saturated heterocycles. The van der Waals surface area contributed by atoms with E-state index in [2.05, 4.69) is 15.4 Å². The van der Waals surface area contributed by atoms with Crippen molar-refractivity contribution in [2.24, 2.45) is 0 Å². The van der Waals surface area contributed by atoms with E-state index in [-0.39, 0.29) is 18.3 Å². The second-order valence-corrected chi connectivity index (χ2v) is 6.65. The topological polar surface area (TPSA) is 63.1 Å². The minimum Gasteiger partial charge on any atom is -0.325 e. The van der Waals surface area contributed by atoms with Crippen LogP contribution in [0.25, 0.3) is 5.69 Å². The highest BCUT2D eigenvalue weighted by molar-refractivity contribution is 5.92. The number of hydrogen-bond donors (Lipinski definition) is 1. The Hall–Kier alpha value is -3.20. The van der Waals surface area contributed by atoms with E-state index in [1.165, 1.54) is 18.5 Å². The van der Waals surface area contributed by atoms with Crippen LogP contribution in [-0.4, -0.2) is 39.2 Å². The van der Waals surface area contributed by atoms with Gasteiger partial charge in [0.1, 0.15) is 12.7 Å². The van der Waals surface area contributed by atoms with Gasteiger partial charge in [-0.1, -0.05) is 18.2 Å². The van der Waals surface area contributed by atoms with Crippen molar-refractivity contribution in [2.45, 2.75) is 19.1 Å². The number of carbonyl (C=O) groups excluding carboxylic acids is 1. The third kappa shape index (κ3) is 5.20. The molecule has 0 spiro atoms. The summed E-state index contributed by atoms with van der Waals surface area (Å²) in [6.45, 7) is 1.98. The van der Waals surface area contributed by atoms with E-state index >= 15 is 0 Å². The first-order chi connectivity index (χ1) is 13.7. The molecule has 29 heavy (non-hydrogen) atoms. The molecule has 0 aliphatic heterocycles. The first-order valence-electron chi connectivity index (χ1n) is 8.86. The van der Waals surface area contributed by atoms with Gasteiger partial charge < -0.3 is 5.32 Å². The van der Waals surface area contributed by atoms with Crippen molar-refractivity contribution in [1.29, 1.82) is 0 Å². The van der Waals surface area contributed by atoms with E-state index in [1.807, 2.05) is 36.1 Å². The number of alkyl halides is 3. The number of benzene rings is 2. The molecule has 2 aromatic carbocycles. The third-order valence-corrected chi connectivity index (χ3v) is 4.59. The number of aromatic nitrogens is 3. The molecule has 0 fully saturated rings. The maximum Gasteiger partial charge on any atom is 0.416 e. The van der Waals surface area contributed by atoms with Gasteiger partial charge in [0, 0.05) is 11.7 Å². The summed E-state index contributed by atoms with van der Waals surface area (Å²) >= 11 is 0. The van der Waals surface area contributed by atoms with E-state index in [0.29, 0.717) is 0 Å². The number of hydrogen-bond acceptors (Lipinski definition) is 4. The van der Waals surface area contributed by atoms with Crippen LogP contribution in [0.1, 0.15) is 24.1 Å². The van der Waals surface area contributed by atoms with Gasteiger partial charge in [0.15, 0.2) is 0 Å². The van der Waals surface area contributed by atoms with Gasteiger partial charge in [-0.2, -0.15) is 18.3 Å². The maximum absolute atomic E-state index is 12.8. The molecule has 1 N–H and O–H groups in total. The summed E-state index contributed by atoms with van der Waals surface area (Å²) < 4.78 is 40.0. The minimum absolute atomic E-state index is 0.0300. The molecule has 6 nitrogen and oxygen atoms in total. The fraction of sp³-hybridized carbons (Fsp3) is 0.250. The molecule has 1 unspecified atom stereocenters. The van der Waals surface area contributed by atoms with E-state index in [9.17, 15) is 18.0 Å². The highest BCUT2D eigenvalue weighted by Crippen LogP contribution is 2.30. The van der Waals surface area contributed by atoms with Gasteiger partial charge in [-0.05, 0) is 49.9 Å². The summed E-state index contributed by atoms with van der Waals surface area (Å²) in [6, 6.07) is 12.2. The lowest BCUT2D eigenvalue weighted by Crippen LogP contribution is -2.32. The van der Waals surface area contributed by atoms with Gasteiger partial charge in [-0.3, -0.25) is 9.69 Å². The molecule has 1 aromatic heterocycles. The smallest absolute Gasteiger partial charge is 0.325 e. The van der Waals surface area contributed by atoms with Gasteiger partial charge in [0.05, 0.1) is 17.8 Å². The predicted octanol–water partition coefficient (Wildman–Crippen LogP) is 3.92. The number of anilines is 1. The average molecular weight is 403 g/mol. The molecule has 1 heterocycles. The van der Waals surface area contributed by atoms with E-state index < -0.39 is 17.6 Å². The van der Waals surface area contributed by atoms with Gasteiger partial charge in [0.2, 0.25) is 5.91 Å². The number of halogens is 3. The van der Waals surface area contributed by atoms with Crippen molar-refractivity contribution in [2.75, 3.05) is 18.9 Å². The summed E-state index contributed by atoms with van der Waals surface area (Å²) in [4.78, 5) is 18.0. The van der Waals surface area contributed by atoms with Crippen molar-refractivity contribution in [1.82, 2.24) is 19.7 Å². The van der Waals surface area contributed by atoms with Crippen molar-refractivity contribution in [3.05, 3.63) is 72.3 Å². The molecule has 1 atom stereocenters. The number of likely N-dealkylation sites (N-methyl/N-ethyl adjacent to an activating group) is 1. The first-order valence-corrected chi connectivity index (χ1v) is 8.86. The minimum atomic E-state index is -4.45. The summed E-state index contributed by atoms with van der Waals surface area (Å²) in [5.74, 6) is -0.391. The highest BCUT2D eigenvalue weighted by atomic mass is 19.4. The number of nitrogens with one attached hydrogen (secondary N) is 1. The largest absolute Gasteiger partial charge is 0.416 e. The number of carbonyl (C=O) groups is 1. The molecular weight excluding hydrogens is 383 g/mol. The van der Waals surface area contributed by atoms with Crippen molar-refractivity contribution in [3.63, 3.8) is 0 Å². The summed E-state index contributed by atoms with van der Waals surface area (Å²) in [5, 5.41) is 6.59. The van der Waals surface area contributed by atoms with Crippen LogP contribution < -0.4 is 5.32 Å². The summed E-state index contributed by atoms with van der Waals surface area (Å²) in [5.41, 5.74) is 1.17. The Morgan fingerprint density at radius 3 is 2.55 bits per heavy atom. The second-order valence-electron chi connectivity index (χ2n) is 6.65. The molecule has 9 heteroatoms. The fourth-order valence-electron chi connectivity index (χ4n) is 2.84. The van der Waals surface area contributed by atoms with E-state index in [0.717, 1.165) is 23.4 Å². The Morgan fingerprint density at radius 2 is 1.93 bits per heavy atom. The Bertz CT molecular complexity index is 955. The van der Waals surface area contributed by atoms with Crippen LogP contribution >= 0.6 is 0 Å². The van der Waals surface area contributed by atoms with Crippen LogP contribution in [0.5, 0.6) is 0 Å². The van der Waals surface area contributed by atoms with Gasteiger partial charge in [0.25, 0.3) is 0 Å². The molecule has 3 aromatic rings. The molecule has 0 bridgehead atoms. The molecule has 152 valence electrons. The zero-order valence-electron chi connectivity index (χ0n) is 15.9. The monoisotopic (exact) mass is 403 g/mol. The number of rotatable bonds is 6. The fourth-order valence-corrected chi connectivity index (χ4v) is 2.84. The standard InChI is InChI=1S/C20H20F3N5O/c1-14(15-6-8-18(9-7-15)28-13-24-12-25-28)27(2)11-19(29)26-17-5-3-4-16(10-17)20(21,22)23/h3-10,12-14H,11H2,1-2H3,(H,26,29). The van der Waals surface area contributed by atoms with Crippen LogP contribution in [-0.2, 0) is 11.0 Å². The van der Waals surface area contributed by atoms with Gasteiger partial charge in [-0.25, -0.2) is 9.67 Å². The lowest BCUT2D eigenvalue weighted by molar-refractivity contribution is -0.137. The Balaban J connectivity index is 1.60. The molecule has 0 aliphatic rings. The Labute approximate surface area is 166 Å². The van der Waals surface area contributed by atoms with Gasteiger partial charge >= 0.3 is 6.18 Å². The maximum atomic E-state index is 12.8. The Morgan fingerprint density at radius 1 is 1.21 bits per heavy atom. The van der Waals surface area contributed by atoms with Crippen LogP contribution in [0.2, 0.25) is 0 Å². The lowest BCUT2D eigenvalue weighted by Gasteiger charge is -2.24. The summed E-state index contributed by atoms with van der Waals surface area (Å²) in [6.07, 6.45) is -1.40. The number of nitrogens with zero attached hydrogens (tertiary/aromatic N) is 4. The SMILES string of the molecule is CC(c1ccc(-n2cncn2)cc1)N(C)CC(=O)Nc1cccc(C(F)(F)F)c1. The van der Waals surface area contributed by atoms with E-state index in [4.69, 9.17) is 0 Å². The zero-order chi connectivity index (χ0) is 21.0. The molecule has 3 rings (SSSR count). The highest BCUT2D eigenvalue weighted by Gasteiger charge is 2.30. The van der Waals surface area contributed by atoms with Crippen LogP contribution in [0.3, 0.4) is 0 Å². The van der Waals surface area contributed by atoms with Crippen LogP contribution in [0.15, 0.2) is 61.2 Å². The average Bonchev–Trinajstić information content (AvgIpc) is 3.22. The molecule has 1 amide bonds. The quantitative estimate of drug-likeness (QED) is 0.678. The second kappa shape index (κ2) is 8.44. The normalized spacial score (nSPS) is 12.8. The van der Waals surface area contributed by atoms with Crippen LogP contribution in [0.4, 0.5) is 18.9 Å². The van der Waals surface area contributed by atoms with Gasteiger partial charge in [-0.15, -0.1) is 0 Å². The predicted molar refractivity (Wildman–Crippen MR) is 102 cm³/mol. The van der Waals surface area contributed by atoms with Crippen molar-refractivity contribution in [3.8, 4) is 5.69 Å². The van der Waals surface area contributed by atoms with Crippen LogP contribution in [0, 0.1) is 0 Å². The molecule has 0 radical (unpaired) electrons. The van der Waals surface area contributed by atoms with Crippen molar-refractivity contribution >= 4 is 11.6 Å². The first kappa shape index (κ1) is 20.5.